The van der Waals surface area contributed by atoms with Crippen LogP contribution in [0.3, 0.4) is 0 Å². The summed E-state index contributed by atoms with van der Waals surface area (Å²) in [5, 5.41) is 3.45. The molecule has 0 spiro atoms. The first kappa shape index (κ1) is 16.0. The zero-order valence-corrected chi connectivity index (χ0v) is 15.2. The lowest BCUT2D eigenvalue weighted by Gasteiger charge is -2.17. The Kier molecular flexibility index (Phi) is 5.66. The quantitative estimate of drug-likeness (QED) is 0.257. The van der Waals surface area contributed by atoms with Crippen molar-refractivity contribution in [1.29, 1.82) is 0 Å². The van der Waals surface area contributed by atoms with Crippen molar-refractivity contribution in [3.05, 3.63) is 36.9 Å². The molecule has 0 amide bonds. The summed E-state index contributed by atoms with van der Waals surface area (Å²) in [5.74, 6) is 0. The number of hydrogen-bond acceptors (Lipinski definition) is 2. The Balaban J connectivity index is 0.000000810. The number of pyridine rings is 2. The first-order valence-electron chi connectivity index (χ1n) is 5.16. The number of anilines is 2. The van der Waals surface area contributed by atoms with Gasteiger partial charge in [0.15, 0.2) is 24.8 Å². The van der Waals surface area contributed by atoms with Crippen molar-refractivity contribution >= 4 is 23.1 Å². The van der Waals surface area contributed by atoms with Gasteiger partial charge in [0.25, 0.3) is 0 Å². The summed E-state index contributed by atoms with van der Waals surface area (Å²) in [6.07, 6.45) is 8.38. The van der Waals surface area contributed by atoms with Crippen LogP contribution in [0.1, 0.15) is 0 Å². The van der Waals surface area contributed by atoms with E-state index in [-0.39, 0.29) is 48.0 Å². The van der Waals surface area contributed by atoms with Gasteiger partial charge in [0.1, 0.15) is 19.8 Å². The molecule has 0 aliphatic carbocycles. The fourth-order valence-electron chi connectivity index (χ4n) is 1.79. The zero-order chi connectivity index (χ0) is 11.1. The molecule has 0 unspecified atom stereocenters. The second kappa shape index (κ2) is 6.38. The number of aromatic nitrogens is 2. The highest BCUT2D eigenvalue weighted by atomic mass is 127. The van der Waals surface area contributed by atoms with E-state index in [2.05, 4.69) is 51.4 Å². The largest absolute Gasteiger partial charge is 1.00 e. The highest BCUT2D eigenvalue weighted by Crippen LogP contribution is 2.42. The van der Waals surface area contributed by atoms with Crippen LogP contribution >= 0.6 is 11.8 Å². The molecule has 6 heteroatoms. The van der Waals surface area contributed by atoms with Gasteiger partial charge in [-0.15, -0.1) is 0 Å². The van der Waals surface area contributed by atoms with Crippen LogP contribution in [0.15, 0.2) is 46.7 Å². The maximum atomic E-state index is 3.45. The highest BCUT2D eigenvalue weighted by molar-refractivity contribution is 7.99. The molecule has 2 aromatic heterocycles. The molecule has 1 aliphatic rings. The number of hydrogen-bond donors (Lipinski definition) is 1. The van der Waals surface area contributed by atoms with E-state index in [0.29, 0.717) is 0 Å². The molecule has 1 aliphatic heterocycles. The number of nitrogens with zero attached hydrogens (tertiary/aromatic N) is 2. The van der Waals surface area contributed by atoms with Crippen molar-refractivity contribution in [2.75, 3.05) is 5.32 Å². The van der Waals surface area contributed by atoms with Crippen molar-refractivity contribution in [3.8, 4) is 0 Å². The SMILES string of the molecule is C[n+]1ccc2c(c1)Nc1cc[n+](C)cc1S2.[I-].[I-]. The van der Waals surface area contributed by atoms with E-state index in [9.17, 15) is 0 Å². The Morgan fingerprint density at radius 2 is 1.56 bits per heavy atom. The topological polar surface area (TPSA) is 19.8 Å². The molecule has 0 atom stereocenters. The van der Waals surface area contributed by atoms with Gasteiger partial charge in [0, 0.05) is 17.0 Å². The first-order valence-corrected chi connectivity index (χ1v) is 5.97. The lowest BCUT2D eigenvalue weighted by atomic mass is 10.3. The van der Waals surface area contributed by atoms with Crippen LogP contribution in [0.5, 0.6) is 0 Å². The van der Waals surface area contributed by atoms with Gasteiger partial charge in [-0.1, -0.05) is 11.8 Å². The van der Waals surface area contributed by atoms with E-state index < -0.39 is 0 Å². The van der Waals surface area contributed by atoms with Crippen molar-refractivity contribution in [2.45, 2.75) is 9.79 Å². The monoisotopic (exact) mass is 485 g/mol. The Bertz CT molecular complexity index is 524. The number of fused-ring (bicyclic) bond motifs is 2. The highest BCUT2D eigenvalue weighted by Gasteiger charge is 2.19. The van der Waals surface area contributed by atoms with Crippen LogP contribution in [0.25, 0.3) is 0 Å². The Morgan fingerprint density at radius 3 is 2.33 bits per heavy atom. The average molecular weight is 485 g/mol. The molecule has 2 aromatic rings. The lowest BCUT2D eigenvalue weighted by molar-refractivity contribution is -0.673. The van der Waals surface area contributed by atoms with Gasteiger partial charge in [0.2, 0.25) is 0 Å². The average Bonchev–Trinajstić information content (AvgIpc) is 2.26. The van der Waals surface area contributed by atoms with Crippen molar-refractivity contribution in [1.82, 2.24) is 0 Å². The lowest BCUT2D eigenvalue weighted by Crippen LogP contribution is -3.00. The molecule has 0 aromatic carbocycles. The third-order valence-corrected chi connectivity index (χ3v) is 3.73. The van der Waals surface area contributed by atoms with Crippen molar-refractivity contribution in [2.24, 2.45) is 14.1 Å². The number of aryl methyl sites for hydroxylation is 2. The summed E-state index contributed by atoms with van der Waals surface area (Å²) in [4.78, 5) is 2.54. The maximum Gasteiger partial charge on any atom is 0.193 e. The van der Waals surface area contributed by atoms with Gasteiger partial charge in [-0.25, -0.2) is 9.13 Å². The first-order chi connectivity index (χ1) is 7.72. The predicted molar refractivity (Wildman–Crippen MR) is 62.6 cm³/mol. The molecule has 0 saturated carbocycles. The molecule has 3 nitrogen and oxygen atoms in total. The van der Waals surface area contributed by atoms with Crippen LogP contribution < -0.4 is 62.4 Å². The molecular weight excluding hydrogens is 472 g/mol. The second-order valence-electron chi connectivity index (χ2n) is 4.00. The number of nitrogens with one attached hydrogen (secondary N) is 1. The number of halogens is 2. The minimum atomic E-state index is 0. The Labute approximate surface area is 145 Å². The minimum Gasteiger partial charge on any atom is -1.00 e. The molecule has 18 heavy (non-hydrogen) atoms. The third kappa shape index (κ3) is 3.08. The summed E-state index contributed by atoms with van der Waals surface area (Å²) in [6, 6.07) is 4.25. The van der Waals surface area contributed by atoms with Gasteiger partial charge < -0.3 is 53.3 Å². The predicted octanol–water partition coefficient (Wildman–Crippen LogP) is -4.45. The van der Waals surface area contributed by atoms with Crippen LogP contribution in [-0.2, 0) is 14.1 Å². The molecule has 3 rings (SSSR count). The number of rotatable bonds is 0. The van der Waals surface area contributed by atoms with Gasteiger partial charge in [-0.2, -0.15) is 0 Å². The molecule has 0 saturated heterocycles. The zero-order valence-electron chi connectivity index (χ0n) is 10.0. The summed E-state index contributed by atoms with van der Waals surface area (Å²) in [6.45, 7) is 0. The van der Waals surface area contributed by atoms with E-state index in [1.165, 1.54) is 21.2 Å². The van der Waals surface area contributed by atoms with E-state index in [1.807, 2.05) is 25.9 Å². The molecule has 0 radical (unpaired) electrons. The fraction of sp³-hybridized carbons (Fsp3) is 0.167. The Hall–Kier alpha value is -0.0900. The standard InChI is InChI=1S/C12H12N3S.2HI/c1-14-6-4-11-10(7-14)13-9-3-5-15(2)8-12(9)16-11;;/h3-8H,1-2H3;2*1H/q+1;;/p-1. The van der Waals surface area contributed by atoms with Gasteiger partial charge in [-0.05, 0) is 0 Å². The molecule has 1 N–H and O–H groups in total. The normalized spacial score (nSPS) is 11.2. The Morgan fingerprint density at radius 1 is 0.889 bits per heavy atom. The van der Waals surface area contributed by atoms with Crippen molar-refractivity contribution in [3.63, 3.8) is 0 Å². The van der Waals surface area contributed by atoms with Gasteiger partial charge in [0.05, 0.1) is 10.6 Å². The van der Waals surface area contributed by atoms with Crippen LogP contribution in [0, 0.1) is 0 Å². The summed E-state index contributed by atoms with van der Waals surface area (Å²) in [5.41, 5.74) is 2.36. The van der Waals surface area contributed by atoms with Crippen LogP contribution in [0.2, 0.25) is 0 Å². The minimum absolute atomic E-state index is 0. The molecule has 3 heterocycles. The molecule has 96 valence electrons. The van der Waals surface area contributed by atoms with Crippen LogP contribution in [-0.4, -0.2) is 0 Å². The maximum absolute atomic E-state index is 3.45. The van der Waals surface area contributed by atoms with E-state index in [1.54, 1.807) is 0 Å². The molecule has 0 bridgehead atoms. The smallest absolute Gasteiger partial charge is 0.193 e. The fourth-order valence-corrected chi connectivity index (χ4v) is 2.82. The molecular formula is C12H13I2N3S. The van der Waals surface area contributed by atoms with Crippen LogP contribution in [0.4, 0.5) is 11.4 Å². The third-order valence-electron chi connectivity index (χ3n) is 2.61. The van der Waals surface area contributed by atoms with Gasteiger partial charge >= 0.3 is 0 Å². The summed E-state index contributed by atoms with van der Waals surface area (Å²) < 4.78 is 4.13. The second-order valence-corrected chi connectivity index (χ2v) is 5.09. The summed E-state index contributed by atoms with van der Waals surface area (Å²) in [7, 11) is 4.08. The summed E-state index contributed by atoms with van der Waals surface area (Å²) >= 11 is 1.81. The van der Waals surface area contributed by atoms with E-state index >= 15 is 0 Å². The van der Waals surface area contributed by atoms with Gasteiger partial charge in [-0.3, -0.25) is 0 Å². The van der Waals surface area contributed by atoms with E-state index in [0.717, 1.165) is 0 Å². The van der Waals surface area contributed by atoms with E-state index in [4.69, 9.17) is 0 Å². The molecule has 0 fully saturated rings. The van der Waals surface area contributed by atoms with Crippen molar-refractivity contribution < 1.29 is 57.1 Å².